The number of amidine groups is 1. The number of aliphatic carboxylic acids is 1. The molecule has 3 rings (SSSR count). The third-order valence-corrected chi connectivity index (χ3v) is 4.00. The first-order chi connectivity index (χ1) is 9.63. The number of carboxylic acid groups (broad SMARTS) is 1. The van der Waals surface area contributed by atoms with Crippen molar-refractivity contribution in [3.05, 3.63) is 29.8 Å². The number of hydrogen-bond acceptors (Lipinski definition) is 4. The van der Waals surface area contributed by atoms with Crippen LogP contribution in [0.25, 0.3) is 0 Å². The Balaban J connectivity index is 1.78. The Morgan fingerprint density at radius 2 is 2.25 bits per heavy atom. The van der Waals surface area contributed by atoms with Crippen molar-refractivity contribution in [2.45, 2.75) is 37.9 Å². The van der Waals surface area contributed by atoms with Gasteiger partial charge in [0.25, 0.3) is 0 Å². The van der Waals surface area contributed by atoms with Crippen molar-refractivity contribution in [2.75, 3.05) is 7.05 Å². The lowest BCUT2D eigenvalue weighted by molar-refractivity contribution is -0.137. The maximum atomic E-state index is 10.8. The predicted octanol–water partition coefficient (Wildman–Crippen LogP) is 1.76. The lowest BCUT2D eigenvalue weighted by atomic mass is 10.1. The van der Waals surface area contributed by atoms with E-state index in [-0.39, 0.29) is 18.5 Å². The van der Waals surface area contributed by atoms with Crippen molar-refractivity contribution in [3.63, 3.8) is 0 Å². The highest BCUT2D eigenvalue weighted by molar-refractivity contribution is 5.91. The van der Waals surface area contributed by atoms with E-state index in [0.29, 0.717) is 0 Å². The van der Waals surface area contributed by atoms with Crippen LogP contribution in [0.3, 0.4) is 0 Å². The van der Waals surface area contributed by atoms with Gasteiger partial charge in [-0.15, -0.1) is 0 Å². The molecular weight excluding hydrogens is 254 g/mol. The molecule has 0 aliphatic carbocycles. The summed E-state index contributed by atoms with van der Waals surface area (Å²) in [4.78, 5) is 17.7. The van der Waals surface area contributed by atoms with Crippen LogP contribution < -0.4 is 5.32 Å². The van der Waals surface area contributed by atoms with Gasteiger partial charge < -0.3 is 15.3 Å². The number of benzene rings is 1. The zero-order chi connectivity index (χ0) is 14.1. The standard InChI is InChI=1S/C15H19N3O2/c1-18-9-10-4-2-3-5-12(10)17-15(18)13-7-6-11(16-13)8-14(19)20/h2-5,11,13,16H,6-9H2,1H3,(H,19,20)/t11-,13+/m0/s1. The van der Waals surface area contributed by atoms with E-state index in [1.165, 1.54) is 5.56 Å². The summed E-state index contributed by atoms with van der Waals surface area (Å²) in [6.07, 6.45) is 2.03. The molecule has 0 saturated carbocycles. The van der Waals surface area contributed by atoms with Crippen LogP contribution in [0.5, 0.6) is 0 Å². The van der Waals surface area contributed by atoms with Gasteiger partial charge in [-0.05, 0) is 24.5 Å². The van der Waals surface area contributed by atoms with Gasteiger partial charge in [0.15, 0.2) is 0 Å². The number of fused-ring (bicyclic) bond motifs is 1. The van der Waals surface area contributed by atoms with E-state index in [0.717, 1.165) is 30.9 Å². The van der Waals surface area contributed by atoms with Crippen LogP contribution >= 0.6 is 0 Å². The first-order valence-electron chi connectivity index (χ1n) is 6.99. The van der Waals surface area contributed by atoms with E-state index in [4.69, 9.17) is 10.1 Å². The molecule has 2 N–H and O–H groups in total. The Hall–Kier alpha value is -1.88. The van der Waals surface area contributed by atoms with Crippen molar-refractivity contribution < 1.29 is 9.90 Å². The zero-order valence-corrected chi connectivity index (χ0v) is 11.5. The van der Waals surface area contributed by atoms with Crippen molar-refractivity contribution >= 4 is 17.5 Å². The summed E-state index contributed by atoms with van der Waals surface area (Å²) in [6, 6.07) is 8.39. The Morgan fingerprint density at radius 3 is 3.05 bits per heavy atom. The van der Waals surface area contributed by atoms with Crippen LogP contribution in [-0.4, -0.2) is 40.9 Å². The predicted molar refractivity (Wildman–Crippen MR) is 77.2 cm³/mol. The molecule has 5 heteroatoms. The minimum Gasteiger partial charge on any atom is -0.481 e. The average Bonchev–Trinajstić information content (AvgIpc) is 2.85. The van der Waals surface area contributed by atoms with Gasteiger partial charge in [-0.2, -0.15) is 0 Å². The van der Waals surface area contributed by atoms with Gasteiger partial charge in [-0.1, -0.05) is 18.2 Å². The minimum atomic E-state index is -0.743. The number of rotatable bonds is 3. The Kier molecular flexibility index (Phi) is 3.44. The van der Waals surface area contributed by atoms with E-state index in [2.05, 4.69) is 16.3 Å². The third-order valence-electron chi connectivity index (χ3n) is 4.00. The van der Waals surface area contributed by atoms with E-state index in [1.807, 2.05) is 25.2 Å². The molecule has 2 atom stereocenters. The van der Waals surface area contributed by atoms with Gasteiger partial charge in [-0.3, -0.25) is 4.79 Å². The number of nitrogens with one attached hydrogen (secondary N) is 1. The van der Waals surface area contributed by atoms with Crippen molar-refractivity contribution in [1.29, 1.82) is 0 Å². The largest absolute Gasteiger partial charge is 0.481 e. The zero-order valence-electron chi connectivity index (χ0n) is 11.5. The van der Waals surface area contributed by atoms with Crippen LogP contribution in [0.15, 0.2) is 29.3 Å². The molecular formula is C15H19N3O2. The second kappa shape index (κ2) is 5.25. The second-order valence-corrected chi connectivity index (χ2v) is 5.55. The van der Waals surface area contributed by atoms with Gasteiger partial charge >= 0.3 is 5.97 Å². The fraction of sp³-hybridized carbons (Fsp3) is 0.467. The van der Waals surface area contributed by atoms with Crippen LogP contribution in [0, 0.1) is 0 Å². The van der Waals surface area contributed by atoms with Gasteiger partial charge in [0.1, 0.15) is 5.84 Å². The molecule has 1 fully saturated rings. The Bertz CT molecular complexity index is 556. The smallest absolute Gasteiger partial charge is 0.304 e. The van der Waals surface area contributed by atoms with E-state index < -0.39 is 5.97 Å². The topological polar surface area (TPSA) is 64.9 Å². The fourth-order valence-corrected chi connectivity index (χ4v) is 3.04. The Labute approximate surface area is 118 Å². The number of aliphatic imine (C=N–C) groups is 1. The van der Waals surface area contributed by atoms with E-state index in [9.17, 15) is 4.79 Å². The van der Waals surface area contributed by atoms with Crippen LogP contribution in [0.2, 0.25) is 0 Å². The van der Waals surface area contributed by atoms with Crippen molar-refractivity contribution in [2.24, 2.45) is 4.99 Å². The molecule has 0 unspecified atom stereocenters. The molecule has 1 saturated heterocycles. The molecule has 1 aromatic carbocycles. The monoisotopic (exact) mass is 273 g/mol. The number of hydrogen-bond donors (Lipinski definition) is 2. The lowest BCUT2D eigenvalue weighted by Crippen LogP contribution is -2.44. The Morgan fingerprint density at radius 1 is 1.45 bits per heavy atom. The summed E-state index contributed by atoms with van der Waals surface area (Å²) in [6.45, 7) is 0.858. The summed E-state index contributed by atoms with van der Waals surface area (Å²) >= 11 is 0. The number of carboxylic acids is 1. The summed E-state index contributed by atoms with van der Waals surface area (Å²) in [5.41, 5.74) is 2.27. The first kappa shape index (κ1) is 13.1. The summed E-state index contributed by atoms with van der Waals surface area (Å²) in [7, 11) is 2.04. The average molecular weight is 273 g/mol. The van der Waals surface area contributed by atoms with Gasteiger partial charge in [0, 0.05) is 19.6 Å². The molecule has 5 nitrogen and oxygen atoms in total. The molecule has 0 radical (unpaired) electrons. The normalized spacial score (nSPS) is 25.2. The molecule has 2 heterocycles. The highest BCUT2D eigenvalue weighted by atomic mass is 16.4. The molecule has 106 valence electrons. The highest BCUT2D eigenvalue weighted by Gasteiger charge is 2.32. The number of para-hydroxylation sites is 1. The molecule has 0 amide bonds. The van der Waals surface area contributed by atoms with Gasteiger partial charge in [0.2, 0.25) is 0 Å². The molecule has 20 heavy (non-hydrogen) atoms. The quantitative estimate of drug-likeness (QED) is 0.880. The molecule has 0 aromatic heterocycles. The molecule has 1 aromatic rings. The van der Waals surface area contributed by atoms with Gasteiger partial charge in [0.05, 0.1) is 18.2 Å². The third kappa shape index (κ3) is 2.54. The van der Waals surface area contributed by atoms with Gasteiger partial charge in [-0.25, -0.2) is 4.99 Å². The molecule has 2 aliphatic heterocycles. The first-order valence-corrected chi connectivity index (χ1v) is 6.99. The number of likely N-dealkylation sites (N-methyl/N-ethyl adjacent to an activating group) is 1. The SMILES string of the molecule is CN1Cc2ccccc2N=C1[C@H]1CC[C@@H](CC(=O)O)N1. The van der Waals surface area contributed by atoms with Crippen molar-refractivity contribution in [3.8, 4) is 0 Å². The van der Waals surface area contributed by atoms with Crippen LogP contribution in [0.1, 0.15) is 24.8 Å². The minimum absolute atomic E-state index is 0.0609. The summed E-state index contributed by atoms with van der Waals surface area (Å²) < 4.78 is 0. The second-order valence-electron chi connectivity index (χ2n) is 5.55. The molecule has 0 bridgehead atoms. The van der Waals surface area contributed by atoms with E-state index in [1.54, 1.807) is 0 Å². The maximum Gasteiger partial charge on any atom is 0.304 e. The number of carbonyl (C=O) groups is 1. The van der Waals surface area contributed by atoms with E-state index >= 15 is 0 Å². The number of nitrogens with zero attached hydrogens (tertiary/aromatic N) is 2. The van der Waals surface area contributed by atoms with Crippen LogP contribution in [-0.2, 0) is 11.3 Å². The van der Waals surface area contributed by atoms with Crippen molar-refractivity contribution in [1.82, 2.24) is 10.2 Å². The maximum absolute atomic E-state index is 10.8. The lowest BCUT2D eigenvalue weighted by Gasteiger charge is -2.30. The summed E-state index contributed by atoms with van der Waals surface area (Å²) in [5.74, 6) is 0.282. The summed E-state index contributed by atoms with van der Waals surface area (Å²) in [5, 5.41) is 12.3. The van der Waals surface area contributed by atoms with Crippen LogP contribution in [0.4, 0.5) is 5.69 Å². The molecule has 2 aliphatic rings. The highest BCUT2D eigenvalue weighted by Crippen LogP contribution is 2.28. The molecule has 0 spiro atoms. The fourth-order valence-electron chi connectivity index (χ4n) is 3.04.